The zero-order chi connectivity index (χ0) is 18.9. The number of nitrogens with zero attached hydrogens (tertiary/aromatic N) is 5. The molecule has 0 aromatic heterocycles. The standard InChI is InChI=1S/C18H21N5O4/c1-9-4-6-10(7-5-9)21-14-12-8-11(13(14)19-20-21)15-16(12)23(18(25)27-3)22(15)17(24)26-2/h4-7,11-16H,8H2,1-3H3/t11-,12+,13+,14-,15-,16+/m1/s1. The summed E-state index contributed by atoms with van der Waals surface area (Å²) >= 11 is 0. The Bertz CT molecular complexity index is 828. The molecule has 2 saturated carbocycles. The van der Waals surface area contributed by atoms with Gasteiger partial charge in [-0.05, 0) is 25.5 Å². The molecule has 0 unspecified atom stereocenters. The van der Waals surface area contributed by atoms with Gasteiger partial charge in [-0.25, -0.2) is 24.6 Å². The Balaban J connectivity index is 1.47. The molecule has 0 radical (unpaired) electrons. The SMILES string of the molecule is COC(=O)N1[C@@H]2[C@@H]3C[C@@H]([C@@H]4[C@H]3N=NN4c3ccc(C)cc3)[C@@H]2N1C(=O)OC. The van der Waals surface area contributed by atoms with Crippen LogP contribution in [0.1, 0.15) is 12.0 Å². The van der Waals surface area contributed by atoms with Crippen LogP contribution in [0.2, 0.25) is 0 Å². The van der Waals surface area contributed by atoms with Crippen LogP contribution in [-0.4, -0.2) is 60.6 Å². The summed E-state index contributed by atoms with van der Waals surface area (Å²) in [5, 5.41) is 13.7. The third-order valence-corrected chi connectivity index (χ3v) is 6.38. The number of hydrogen-bond acceptors (Lipinski definition) is 7. The molecule has 4 aliphatic rings. The summed E-state index contributed by atoms with van der Waals surface area (Å²) in [7, 11) is 2.63. The maximum atomic E-state index is 12.3. The average Bonchev–Trinajstić information content (AvgIpc) is 3.31. The molecule has 142 valence electrons. The van der Waals surface area contributed by atoms with Gasteiger partial charge in [0.25, 0.3) is 0 Å². The number of ether oxygens (including phenoxy) is 2. The van der Waals surface area contributed by atoms with E-state index in [0.717, 1.165) is 12.1 Å². The molecular formula is C18H21N5O4. The number of fused-ring (bicyclic) bond motifs is 8. The largest absolute Gasteiger partial charge is 0.452 e. The highest BCUT2D eigenvalue weighted by molar-refractivity contribution is 5.77. The Morgan fingerprint density at radius 3 is 2.15 bits per heavy atom. The molecule has 27 heavy (non-hydrogen) atoms. The van der Waals surface area contributed by atoms with Gasteiger partial charge in [0.1, 0.15) is 6.04 Å². The lowest BCUT2D eigenvalue weighted by Crippen LogP contribution is -2.78. The molecule has 2 aliphatic carbocycles. The summed E-state index contributed by atoms with van der Waals surface area (Å²) < 4.78 is 9.79. The van der Waals surface area contributed by atoms with Crippen LogP contribution in [0.15, 0.2) is 34.6 Å². The molecule has 2 bridgehead atoms. The minimum Gasteiger partial charge on any atom is -0.452 e. The van der Waals surface area contributed by atoms with Crippen molar-refractivity contribution in [2.75, 3.05) is 19.2 Å². The second kappa shape index (κ2) is 5.58. The second-order valence-corrected chi connectivity index (χ2v) is 7.54. The fourth-order valence-electron chi connectivity index (χ4n) is 5.34. The Hall–Kier alpha value is -2.84. The zero-order valence-electron chi connectivity index (χ0n) is 15.3. The molecule has 2 aliphatic heterocycles. The maximum Gasteiger partial charge on any atom is 0.429 e. The fraction of sp³-hybridized carbons (Fsp3) is 0.556. The van der Waals surface area contributed by atoms with E-state index in [9.17, 15) is 9.59 Å². The van der Waals surface area contributed by atoms with Crippen LogP contribution in [0.5, 0.6) is 0 Å². The smallest absolute Gasteiger partial charge is 0.429 e. The lowest BCUT2D eigenvalue weighted by molar-refractivity contribution is -0.181. The first kappa shape index (κ1) is 16.3. The van der Waals surface area contributed by atoms with Crippen LogP contribution < -0.4 is 5.01 Å². The molecule has 3 fully saturated rings. The van der Waals surface area contributed by atoms with Crippen LogP contribution >= 0.6 is 0 Å². The van der Waals surface area contributed by atoms with E-state index >= 15 is 0 Å². The molecule has 0 N–H and O–H groups in total. The van der Waals surface area contributed by atoms with E-state index in [0.29, 0.717) is 0 Å². The van der Waals surface area contributed by atoms with E-state index < -0.39 is 12.2 Å². The monoisotopic (exact) mass is 371 g/mol. The molecule has 0 spiro atoms. The quantitative estimate of drug-likeness (QED) is 0.756. The maximum absolute atomic E-state index is 12.3. The molecule has 5 rings (SSSR count). The number of rotatable bonds is 1. The topological polar surface area (TPSA) is 87.0 Å². The first-order valence-electron chi connectivity index (χ1n) is 9.07. The minimum absolute atomic E-state index is 0.0181. The summed E-state index contributed by atoms with van der Waals surface area (Å²) in [5.74, 6) is 0.325. The van der Waals surface area contributed by atoms with Crippen LogP contribution in [0, 0.1) is 18.8 Å². The summed E-state index contributed by atoms with van der Waals surface area (Å²) in [6.07, 6.45) is -0.192. The molecule has 6 atom stereocenters. The number of carbonyl (C=O) groups is 2. The Morgan fingerprint density at radius 2 is 1.56 bits per heavy atom. The molecule has 2 heterocycles. The van der Waals surface area contributed by atoms with E-state index in [4.69, 9.17) is 9.47 Å². The van der Waals surface area contributed by atoms with E-state index in [1.54, 1.807) is 0 Å². The van der Waals surface area contributed by atoms with Gasteiger partial charge in [0, 0.05) is 11.8 Å². The van der Waals surface area contributed by atoms with Gasteiger partial charge < -0.3 is 9.47 Å². The number of amides is 2. The molecule has 1 saturated heterocycles. The lowest BCUT2D eigenvalue weighted by atomic mass is 9.79. The minimum atomic E-state index is -0.545. The van der Waals surface area contributed by atoms with E-state index in [1.807, 2.05) is 24.1 Å². The summed E-state index contributed by atoms with van der Waals surface area (Å²) in [4.78, 5) is 24.6. The van der Waals surface area contributed by atoms with Crippen LogP contribution in [0.25, 0.3) is 0 Å². The van der Waals surface area contributed by atoms with Crippen LogP contribution in [0.3, 0.4) is 0 Å². The summed E-state index contributed by atoms with van der Waals surface area (Å²) in [6.45, 7) is 2.05. The predicted octanol–water partition coefficient (Wildman–Crippen LogP) is 2.37. The van der Waals surface area contributed by atoms with Gasteiger partial charge in [0.05, 0.1) is 38.0 Å². The van der Waals surface area contributed by atoms with Crippen LogP contribution in [-0.2, 0) is 9.47 Å². The number of aryl methyl sites for hydroxylation is 1. The Morgan fingerprint density at radius 1 is 0.963 bits per heavy atom. The van der Waals surface area contributed by atoms with Crippen molar-refractivity contribution in [1.82, 2.24) is 10.0 Å². The molecule has 9 nitrogen and oxygen atoms in total. The van der Waals surface area contributed by atoms with Crippen molar-refractivity contribution in [3.8, 4) is 0 Å². The third-order valence-electron chi connectivity index (χ3n) is 6.38. The number of hydrogen-bond donors (Lipinski definition) is 0. The van der Waals surface area contributed by atoms with Crippen molar-refractivity contribution < 1.29 is 19.1 Å². The summed E-state index contributed by atoms with van der Waals surface area (Å²) in [6, 6.07) is 8.10. The number of carbonyl (C=O) groups excluding carboxylic acids is 2. The van der Waals surface area contributed by atoms with Gasteiger partial charge in [-0.2, -0.15) is 5.11 Å². The van der Waals surface area contributed by atoms with Gasteiger partial charge in [-0.15, -0.1) is 0 Å². The second-order valence-electron chi connectivity index (χ2n) is 7.54. The first-order chi connectivity index (χ1) is 13.1. The first-order valence-corrected chi connectivity index (χ1v) is 9.07. The number of anilines is 1. The highest BCUT2D eigenvalue weighted by Crippen LogP contribution is 2.59. The molecule has 2 amide bonds. The van der Waals surface area contributed by atoms with Crippen molar-refractivity contribution in [3.63, 3.8) is 0 Å². The number of benzene rings is 1. The molecule has 9 heteroatoms. The highest BCUT2D eigenvalue weighted by Gasteiger charge is 2.73. The van der Waals surface area contributed by atoms with Crippen molar-refractivity contribution in [1.29, 1.82) is 0 Å². The molecule has 1 aromatic rings. The van der Waals surface area contributed by atoms with Gasteiger partial charge in [0.2, 0.25) is 0 Å². The van der Waals surface area contributed by atoms with Crippen molar-refractivity contribution in [2.24, 2.45) is 22.2 Å². The zero-order valence-corrected chi connectivity index (χ0v) is 15.3. The van der Waals surface area contributed by atoms with Gasteiger partial charge in [0.15, 0.2) is 0 Å². The molecular weight excluding hydrogens is 350 g/mol. The van der Waals surface area contributed by atoms with Gasteiger partial charge >= 0.3 is 12.2 Å². The van der Waals surface area contributed by atoms with Crippen molar-refractivity contribution in [3.05, 3.63) is 29.8 Å². The van der Waals surface area contributed by atoms with E-state index in [-0.39, 0.29) is 36.0 Å². The Labute approximate surface area is 156 Å². The lowest BCUT2D eigenvalue weighted by Gasteiger charge is -2.58. The van der Waals surface area contributed by atoms with Gasteiger partial charge in [-0.3, -0.25) is 0 Å². The predicted molar refractivity (Wildman–Crippen MR) is 93.8 cm³/mol. The fourth-order valence-corrected chi connectivity index (χ4v) is 5.34. The number of methoxy groups -OCH3 is 2. The third kappa shape index (κ3) is 1.99. The Kier molecular flexibility index (Phi) is 3.38. The van der Waals surface area contributed by atoms with Crippen molar-refractivity contribution >= 4 is 17.9 Å². The normalized spacial score (nSPS) is 35.0. The number of hydrazine groups is 1. The summed E-state index contributed by atoms with van der Waals surface area (Å²) in [5.41, 5.74) is 2.18. The van der Waals surface area contributed by atoms with Crippen molar-refractivity contribution in [2.45, 2.75) is 37.5 Å². The average molecular weight is 371 g/mol. The van der Waals surface area contributed by atoms with E-state index in [2.05, 4.69) is 22.5 Å². The van der Waals surface area contributed by atoms with E-state index in [1.165, 1.54) is 29.8 Å². The van der Waals surface area contributed by atoms with Gasteiger partial charge in [-0.1, -0.05) is 22.9 Å². The molecule has 1 aromatic carbocycles. The highest BCUT2D eigenvalue weighted by atomic mass is 16.6. The van der Waals surface area contributed by atoms with Crippen LogP contribution in [0.4, 0.5) is 15.3 Å².